The van der Waals surface area contributed by atoms with E-state index in [2.05, 4.69) is 32.0 Å². The van der Waals surface area contributed by atoms with Crippen molar-refractivity contribution in [3.05, 3.63) is 6.07 Å². The van der Waals surface area contributed by atoms with E-state index in [0.29, 0.717) is 11.9 Å². The molecule has 3 N–H and O–H groups in total. The highest BCUT2D eigenvalue weighted by atomic mass is 16.5. The van der Waals surface area contributed by atoms with Gasteiger partial charge < -0.3 is 20.7 Å². The van der Waals surface area contributed by atoms with Crippen molar-refractivity contribution in [2.24, 2.45) is 5.92 Å². The van der Waals surface area contributed by atoms with Gasteiger partial charge in [0, 0.05) is 51.9 Å². The quantitative estimate of drug-likeness (QED) is 0.730. The predicted molar refractivity (Wildman–Crippen MR) is 97.4 cm³/mol. The van der Waals surface area contributed by atoms with E-state index >= 15 is 0 Å². The van der Waals surface area contributed by atoms with Crippen molar-refractivity contribution >= 4 is 17.6 Å². The van der Waals surface area contributed by atoms with Gasteiger partial charge in [0.05, 0.1) is 6.61 Å². The van der Waals surface area contributed by atoms with Gasteiger partial charge in [0.25, 0.3) is 0 Å². The molecule has 0 unspecified atom stereocenters. The zero-order valence-corrected chi connectivity index (χ0v) is 14.7. The van der Waals surface area contributed by atoms with Crippen LogP contribution < -0.4 is 16.0 Å². The fourth-order valence-corrected chi connectivity index (χ4v) is 3.35. The first kappa shape index (κ1) is 17.2. The van der Waals surface area contributed by atoms with Crippen LogP contribution in [0, 0.1) is 5.92 Å². The van der Waals surface area contributed by atoms with Gasteiger partial charge in [0.15, 0.2) is 0 Å². The molecule has 2 aliphatic heterocycles. The maximum absolute atomic E-state index is 5.89. The Bertz CT molecular complexity index is 512. The molecule has 0 bridgehead atoms. The van der Waals surface area contributed by atoms with Crippen LogP contribution in [0.25, 0.3) is 0 Å². The van der Waals surface area contributed by atoms with Crippen LogP contribution in [0.4, 0.5) is 17.6 Å². The lowest BCUT2D eigenvalue weighted by atomic mass is 10.1. The van der Waals surface area contributed by atoms with Crippen LogP contribution >= 0.6 is 0 Å². The molecule has 3 heterocycles. The number of nitrogens with two attached hydrogens (primary N) is 1. The Morgan fingerprint density at radius 1 is 1.29 bits per heavy atom. The molecule has 2 fully saturated rings. The first-order chi connectivity index (χ1) is 11.7. The number of nitrogen functional groups attached to an aromatic ring is 1. The number of rotatable bonds is 7. The Morgan fingerprint density at radius 2 is 2.12 bits per heavy atom. The normalized spacial score (nSPS) is 22.0. The minimum Gasteiger partial charge on any atom is -0.381 e. The molecule has 0 amide bonds. The van der Waals surface area contributed by atoms with Crippen LogP contribution in [0.5, 0.6) is 0 Å². The van der Waals surface area contributed by atoms with Crippen molar-refractivity contribution in [1.82, 2.24) is 14.9 Å². The molecular weight excluding hydrogens is 304 g/mol. The van der Waals surface area contributed by atoms with Gasteiger partial charge in [-0.15, -0.1) is 0 Å². The third-order valence-electron chi connectivity index (χ3n) is 4.80. The molecule has 24 heavy (non-hydrogen) atoms. The average molecular weight is 334 g/mol. The highest BCUT2D eigenvalue weighted by molar-refractivity contribution is 5.52. The minimum atomic E-state index is 0.344. The number of aromatic nitrogens is 2. The fourth-order valence-electron chi connectivity index (χ4n) is 3.35. The summed E-state index contributed by atoms with van der Waals surface area (Å²) in [7, 11) is 0. The van der Waals surface area contributed by atoms with Gasteiger partial charge >= 0.3 is 0 Å². The third-order valence-corrected chi connectivity index (χ3v) is 4.80. The maximum Gasteiger partial charge on any atom is 0.223 e. The molecule has 1 aromatic heterocycles. The van der Waals surface area contributed by atoms with Crippen molar-refractivity contribution in [3.8, 4) is 0 Å². The van der Waals surface area contributed by atoms with Crippen molar-refractivity contribution in [2.45, 2.75) is 26.2 Å². The van der Waals surface area contributed by atoms with Crippen molar-refractivity contribution < 1.29 is 4.74 Å². The van der Waals surface area contributed by atoms with Crippen LogP contribution in [0.1, 0.15) is 26.2 Å². The van der Waals surface area contributed by atoms with Gasteiger partial charge in [0.1, 0.15) is 11.6 Å². The van der Waals surface area contributed by atoms with Gasteiger partial charge in [-0.25, -0.2) is 0 Å². The summed E-state index contributed by atoms with van der Waals surface area (Å²) in [5.41, 5.74) is 5.89. The van der Waals surface area contributed by atoms with Crippen LogP contribution in [-0.4, -0.2) is 67.4 Å². The van der Waals surface area contributed by atoms with E-state index in [1.54, 1.807) is 0 Å². The SMILES string of the molecule is CCCCNc1cc(N2CCN(C[C@H]3CCOC3)CC2)nc(N)n1. The number of ether oxygens (including phenoxy) is 1. The van der Waals surface area contributed by atoms with Gasteiger partial charge in [0.2, 0.25) is 5.95 Å². The second kappa shape index (κ2) is 8.48. The highest BCUT2D eigenvalue weighted by Gasteiger charge is 2.23. The molecule has 2 saturated heterocycles. The molecule has 0 aliphatic carbocycles. The van der Waals surface area contributed by atoms with Gasteiger partial charge in [-0.05, 0) is 18.8 Å². The summed E-state index contributed by atoms with van der Waals surface area (Å²) in [5.74, 6) is 2.82. The molecule has 0 saturated carbocycles. The third kappa shape index (κ3) is 4.70. The van der Waals surface area contributed by atoms with E-state index in [0.717, 1.165) is 77.0 Å². The lowest BCUT2D eigenvalue weighted by molar-refractivity contribution is 0.164. The summed E-state index contributed by atoms with van der Waals surface area (Å²) in [6.45, 7) is 10.2. The van der Waals surface area contributed by atoms with Gasteiger partial charge in [-0.3, -0.25) is 4.90 Å². The number of hydrogen-bond donors (Lipinski definition) is 2. The molecule has 2 aliphatic rings. The van der Waals surface area contributed by atoms with E-state index in [-0.39, 0.29) is 0 Å². The van der Waals surface area contributed by atoms with Gasteiger partial charge in [-0.2, -0.15) is 9.97 Å². The number of hydrogen-bond acceptors (Lipinski definition) is 7. The van der Waals surface area contributed by atoms with E-state index in [9.17, 15) is 0 Å². The summed E-state index contributed by atoms with van der Waals surface area (Å²) in [4.78, 5) is 13.6. The lowest BCUT2D eigenvalue weighted by Crippen LogP contribution is -2.48. The Balaban J connectivity index is 1.53. The highest BCUT2D eigenvalue weighted by Crippen LogP contribution is 2.20. The Morgan fingerprint density at radius 3 is 2.83 bits per heavy atom. The molecule has 0 spiro atoms. The largest absolute Gasteiger partial charge is 0.381 e. The molecule has 1 aromatic rings. The number of piperazine rings is 1. The molecule has 0 aromatic carbocycles. The summed E-state index contributed by atoms with van der Waals surface area (Å²) < 4.78 is 5.48. The molecule has 3 rings (SSSR count). The molecule has 7 nitrogen and oxygen atoms in total. The zero-order valence-electron chi connectivity index (χ0n) is 14.7. The molecule has 134 valence electrons. The average Bonchev–Trinajstić information content (AvgIpc) is 3.08. The number of anilines is 3. The van der Waals surface area contributed by atoms with E-state index in [1.807, 2.05) is 6.07 Å². The van der Waals surface area contributed by atoms with E-state index in [4.69, 9.17) is 10.5 Å². The van der Waals surface area contributed by atoms with E-state index < -0.39 is 0 Å². The number of nitrogens with one attached hydrogen (secondary N) is 1. The van der Waals surface area contributed by atoms with Crippen LogP contribution in [0.15, 0.2) is 6.07 Å². The van der Waals surface area contributed by atoms with Gasteiger partial charge in [-0.1, -0.05) is 13.3 Å². The van der Waals surface area contributed by atoms with Crippen molar-refractivity contribution in [1.29, 1.82) is 0 Å². The molecule has 7 heteroatoms. The molecule has 0 radical (unpaired) electrons. The number of unbranched alkanes of at least 4 members (excludes halogenated alkanes) is 1. The second-order valence-electron chi connectivity index (χ2n) is 6.77. The first-order valence-corrected chi connectivity index (χ1v) is 9.18. The van der Waals surface area contributed by atoms with Crippen molar-refractivity contribution in [3.63, 3.8) is 0 Å². The smallest absolute Gasteiger partial charge is 0.223 e. The topological polar surface area (TPSA) is 79.5 Å². The minimum absolute atomic E-state index is 0.344. The monoisotopic (exact) mass is 334 g/mol. The Hall–Kier alpha value is -1.60. The first-order valence-electron chi connectivity index (χ1n) is 9.18. The van der Waals surface area contributed by atoms with Crippen LogP contribution in [-0.2, 0) is 4.74 Å². The summed E-state index contributed by atoms with van der Waals surface area (Å²) in [5, 5.41) is 3.34. The van der Waals surface area contributed by atoms with Crippen LogP contribution in [0.3, 0.4) is 0 Å². The zero-order chi connectivity index (χ0) is 16.8. The lowest BCUT2D eigenvalue weighted by Gasteiger charge is -2.36. The Kier molecular flexibility index (Phi) is 6.09. The second-order valence-corrected chi connectivity index (χ2v) is 6.77. The standard InChI is InChI=1S/C17H30N6O/c1-2-3-5-19-15-11-16(21-17(18)20-15)23-8-6-22(7-9-23)12-14-4-10-24-13-14/h11,14H,2-10,12-13H2,1H3,(H3,18,19,20,21)/t14-/m1/s1. The Labute approximate surface area is 144 Å². The van der Waals surface area contributed by atoms with E-state index in [1.165, 1.54) is 6.42 Å². The summed E-state index contributed by atoms with van der Waals surface area (Å²) in [6.07, 6.45) is 3.49. The summed E-state index contributed by atoms with van der Waals surface area (Å²) >= 11 is 0. The molecule has 1 atom stereocenters. The number of nitrogens with zero attached hydrogens (tertiary/aromatic N) is 4. The summed E-state index contributed by atoms with van der Waals surface area (Å²) in [6, 6.07) is 2.02. The maximum atomic E-state index is 5.89. The molecular formula is C17H30N6O. The fraction of sp³-hybridized carbons (Fsp3) is 0.765. The predicted octanol–water partition coefficient (Wildman–Crippen LogP) is 1.43. The van der Waals surface area contributed by atoms with Crippen LogP contribution in [0.2, 0.25) is 0 Å². The van der Waals surface area contributed by atoms with Crippen molar-refractivity contribution in [2.75, 3.05) is 68.4 Å².